The van der Waals surface area contributed by atoms with Crippen LogP contribution < -0.4 is 47.4 Å². The Balaban J connectivity index is 0.0000000923. The van der Waals surface area contributed by atoms with E-state index >= 15 is 0 Å². The fourth-order valence-corrected chi connectivity index (χ4v) is 30.3. The lowest BCUT2D eigenvalue weighted by Gasteiger charge is -2.67. The standard InChI is InChI=1S/C20H27NO4.C19H23NO4.C19H25NO4.2C18H21NO4/c1-11-10-18(2,22)17-19-7-8-21(3)14(20(11,19)23)9-12-5-6-13(24-4)16(25-17)15(12)19;1-10-8-12(21)17-18-6-7-20(2)14(19(10,18)22)9-11-4-5-13(23-3)16(24-17)15(11)18;1-17(21)6-7-19(22)13-10-11-4-5-12(23-3)15-14(11)18(19,16(17)24-15)8-9-20(13)2;2*1-19-8-7-17-14-10-3-4-12(22-2)15(14)23-16(17)11(20)5-6-18(17,21)13(19)9-10/h5-6,11,14,17,22-23H,7-10H2,1-4H3;4-5,10,14,17,22H,6-9H2,1-3H3;4-5,13,16,21-22H,6-10H2,1-3H3;2*3-4,13,16,21H,5-9H2,1-2H3/t11?,14?,17-,18?,19?,20+;10?,14?,17-,18?,19+;13?,16-,17?,18?,19+;2*13?,16-,17?,18+/m00000/s1. The number of Topliss-reactive ketones (excluding diaryl/α,β-unsaturated/α-hetero) is 3. The number of likely N-dealkylation sites (N-methyl/N-ethyl adjacent to an activating group) is 5. The third-order valence-electron chi connectivity index (χ3n) is 35.5. The Labute approximate surface area is 695 Å². The van der Waals surface area contributed by atoms with Gasteiger partial charge in [-0.1, -0.05) is 44.2 Å². The van der Waals surface area contributed by atoms with Crippen LogP contribution in [-0.4, -0.2) is 281 Å². The molecule has 14 unspecified atom stereocenters. The summed E-state index contributed by atoms with van der Waals surface area (Å²) in [6.45, 7) is 12.2. The highest BCUT2D eigenvalue weighted by Crippen LogP contribution is 2.73. The number of rotatable bonds is 5. The molecule has 25 heteroatoms. The first-order chi connectivity index (χ1) is 56.6. The predicted molar refractivity (Wildman–Crippen MR) is 435 cm³/mol. The topological polar surface area (TPSA) is 301 Å². The number of hydrogen-bond acceptors (Lipinski definition) is 25. The van der Waals surface area contributed by atoms with Crippen molar-refractivity contribution in [2.45, 2.75) is 270 Å². The minimum atomic E-state index is -0.981. The summed E-state index contributed by atoms with van der Waals surface area (Å²) in [5.41, 5.74) is 1.97. The van der Waals surface area contributed by atoms with Crippen molar-refractivity contribution in [2.75, 3.05) is 104 Å². The second-order valence-corrected chi connectivity index (χ2v) is 40.0. The highest BCUT2D eigenvalue weighted by Gasteiger charge is 2.81. The van der Waals surface area contributed by atoms with Crippen LogP contribution in [0.3, 0.4) is 0 Å². The molecule has 5 saturated heterocycles. The Bertz CT molecular complexity index is 5050. The number of carbonyl (C=O) groups excluding carboxylic acids is 3. The van der Waals surface area contributed by atoms with Crippen molar-refractivity contribution in [3.8, 4) is 57.5 Å². The van der Waals surface area contributed by atoms with E-state index in [1.165, 1.54) is 27.8 Å². The first-order valence-electron chi connectivity index (χ1n) is 43.6. The van der Waals surface area contributed by atoms with Crippen LogP contribution in [-0.2, 0) is 73.6 Å². The summed E-state index contributed by atoms with van der Waals surface area (Å²) < 4.78 is 58.8. The van der Waals surface area contributed by atoms with Gasteiger partial charge in [0.2, 0.25) is 0 Å². The van der Waals surface area contributed by atoms with Crippen LogP contribution in [0.1, 0.15) is 167 Å². The number of piperidine rings is 5. The SMILES string of the molecule is COc1ccc2c3c1O[C@H]1C(=O)CC(C)[C@@]4(O)C(C2)N(C)CCC314.COc1ccc2c3c1O[C@H]1C(=O)CC[C@@]4(O)C(C2)N(C)CCC314.COc1ccc2c3c1O[C@H]1C(=O)CC[C@@]4(O)C(C2)N(C)CCC314.COc1ccc2c3c1O[C@H]1C(C)(O)CC(C)[C@@]4(O)C(C2)N(C)CCC314.COc1ccc2c3c1O[C@H]1C(C)(O)CC[C@@]4(O)C(C2)N(C)CCC314. The minimum absolute atomic E-state index is 0.0135. The molecule has 10 bridgehead atoms. The van der Waals surface area contributed by atoms with Crippen molar-refractivity contribution < 1.29 is 97.5 Å². The molecular weight excluding hydrogens is 1520 g/mol. The first kappa shape index (κ1) is 78.9. The van der Waals surface area contributed by atoms with Gasteiger partial charge in [-0.05, 0) is 248 Å². The largest absolute Gasteiger partial charge is 0.493 e. The van der Waals surface area contributed by atoms with Gasteiger partial charge in [0.25, 0.3) is 0 Å². The normalized spacial score (nSPS) is 43.4. The maximum absolute atomic E-state index is 12.9. The Hall–Kier alpha value is -7.37. The second-order valence-electron chi connectivity index (χ2n) is 40.0. The Kier molecular flexibility index (Phi) is 17.0. The highest BCUT2D eigenvalue weighted by atomic mass is 16.6. The summed E-state index contributed by atoms with van der Waals surface area (Å²) in [4.78, 5) is 49.5. The Morgan fingerprint density at radius 3 is 1.02 bits per heavy atom. The summed E-state index contributed by atoms with van der Waals surface area (Å²) in [5, 5.41) is 82.0. The van der Waals surface area contributed by atoms with Crippen molar-refractivity contribution in [1.82, 2.24) is 24.5 Å². The molecule has 10 aliphatic carbocycles. The Morgan fingerprint density at radius 1 is 0.328 bits per heavy atom. The zero-order valence-corrected chi connectivity index (χ0v) is 71.1. The van der Waals surface area contributed by atoms with E-state index in [1.54, 1.807) is 35.5 Å². The molecule has 10 heterocycles. The summed E-state index contributed by atoms with van der Waals surface area (Å²) in [7, 11) is 18.6. The maximum Gasteiger partial charge on any atom is 0.174 e. The molecular formula is C94H117N5O20. The summed E-state index contributed by atoms with van der Waals surface area (Å²) in [6.07, 6.45) is 9.13. The smallest absolute Gasteiger partial charge is 0.174 e. The van der Waals surface area contributed by atoms with Crippen LogP contribution in [0.25, 0.3) is 0 Å². The number of benzene rings is 5. The number of carbonyl (C=O) groups is 3. The zero-order chi connectivity index (χ0) is 83.5. The molecule has 0 amide bonds. The third kappa shape index (κ3) is 9.20. The van der Waals surface area contributed by atoms with E-state index < -0.39 is 96.8 Å². The predicted octanol–water partition coefficient (Wildman–Crippen LogP) is 6.10. The molecule has 5 aromatic carbocycles. The zero-order valence-electron chi connectivity index (χ0n) is 71.1. The molecule has 20 aliphatic rings. The number of ketones is 3. The molecule has 24 atom stereocenters. The first-order valence-corrected chi connectivity index (χ1v) is 43.6. The molecule has 5 spiro atoms. The van der Waals surface area contributed by atoms with Crippen LogP contribution in [0.2, 0.25) is 0 Å². The number of likely N-dealkylation sites (tertiary alicyclic amines) is 5. The van der Waals surface area contributed by atoms with Gasteiger partial charge in [0.05, 0.1) is 102 Å². The van der Waals surface area contributed by atoms with Crippen LogP contribution in [0.5, 0.6) is 57.5 Å². The van der Waals surface area contributed by atoms with Crippen molar-refractivity contribution in [2.24, 2.45) is 11.8 Å². The molecule has 5 aromatic rings. The van der Waals surface area contributed by atoms with Gasteiger partial charge >= 0.3 is 0 Å². The molecule has 0 radical (unpaired) electrons. The molecule has 25 rings (SSSR count). The van der Waals surface area contributed by atoms with Gasteiger partial charge in [-0.15, -0.1) is 0 Å². The summed E-state index contributed by atoms with van der Waals surface area (Å²) in [5.74, 6) is 7.18. The van der Waals surface area contributed by atoms with E-state index in [0.717, 1.165) is 136 Å². The third-order valence-corrected chi connectivity index (χ3v) is 35.5. The molecule has 25 nitrogen and oxygen atoms in total. The monoisotopic (exact) mass is 1640 g/mol. The number of ether oxygens (including phenoxy) is 10. The van der Waals surface area contributed by atoms with Gasteiger partial charge in [-0.25, -0.2) is 0 Å². The second kappa shape index (κ2) is 25.7. The van der Waals surface area contributed by atoms with Crippen molar-refractivity contribution in [3.05, 3.63) is 116 Å². The fraction of sp³-hybridized carbons (Fsp3) is 0.649. The van der Waals surface area contributed by atoms with Crippen LogP contribution >= 0.6 is 0 Å². The van der Waals surface area contributed by atoms with Gasteiger partial charge < -0.3 is 108 Å². The van der Waals surface area contributed by atoms with E-state index in [4.69, 9.17) is 47.4 Å². The fourth-order valence-electron chi connectivity index (χ4n) is 30.3. The highest BCUT2D eigenvalue weighted by molar-refractivity contribution is 5.92. The van der Waals surface area contributed by atoms with E-state index in [0.29, 0.717) is 97.4 Å². The lowest BCUT2D eigenvalue weighted by molar-refractivity contribution is -0.252. The molecule has 10 fully saturated rings. The average molecular weight is 1640 g/mol. The van der Waals surface area contributed by atoms with Crippen molar-refractivity contribution >= 4 is 17.3 Å². The lowest BCUT2D eigenvalue weighted by atomic mass is 9.44. The summed E-state index contributed by atoms with van der Waals surface area (Å²) >= 11 is 0. The van der Waals surface area contributed by atoms with E-state index in [-0.39, 0.29) is 59.4 Å². The molecule has 7 N–H and O–H groups in total. The van der Waals surface area contributed by atoms with E-state index in [1.807, 2.05) is 51.1 Å². The van der Waals surface area contributed by atoms with Gasteiger partial charge in [-0.2, -0.15) is 0 Å². The molecule has 5 saturated carbocycles. The van der Waals surface area contributed by atoms with Crippen LogP contribution in [0, 0.1) is 11.8 Å². The minimum Gasteiger partial charge on any atom is -0.493 e. The van der Waals surface area contributed by atoms with Gasteiger partial charge in [0.15, 0.2) is 93.2 Å². The van der Waals surface area contributed by atoms with Gasteiger partial charge in [0, 0.05) is 77.3 Å². The van der Waals surface area contributed by atoms with Crippen molar-refractivity contribution in [3.63, 3.8) is 0 Å². The van der Waals surface area contributed by atoms with E-state index in [2.05, 4.69) is 97.0 Å². The number of methoxy groups -OCH3 is 5. The number of hydrogen-bond donors (Lipinski definition) is 7. The molecule has 119 heavy (non-hydrogen) atoms. The van der Waals surface area contributed by atoms with Gasteiger partial charge in [0.1, 0.15) is 12.2 Å². The maximum atomic E-state index is 12.9. The molecule has 10 aliphatic heterocycles. The quantitative estimate of drug-likeness (QED) is 0.105. The number of nitrogens with zero attached hydrogens (tertiary/aromatic N) is 5. The van der Waals surface area contributed by atoms with Gasteiger partial charge in [-0.3, -0.25) is 14.4 Å². The lowest BCUT2D eigenvalue weighted by Crippen LogP contribution is -2.80. The number of aliphatic hydroxyl groups is 7. The van der Waals surface area contributed by atoms with E-state index in [9.17, 15) is 50.1 Å². The van der Waals surface area contributed by atoms with Crippen LogP contribution in [0.4, 0.5) is 0 Å². The molecule has 638 valence electrons. The van der Waals surface area contributed by atoms with Crippen molar-refractivity contribution in [1.29, 1.82) is 0 Å². The van der Waals surface area contributed by atoms with Crippen LogP contribution in [0.15, 0.2) is 60.7 Å². The Morgan fingerprint density at radius 2 is 0.622 bits per heavy atom. The average Bonchev–Trinajstić information content (AvgIpc) is 1.60. The molecule has 0 aromatic heterocycles. The summed E-state index contributed by atoms with van der Waals surface area (Å²) in [6, 6.07) is 20.4.